The summed E-state index contributed by atoms with van der Waals surface area (Å²) in [6, 6.07) is 18.6. The molecule has 0 spiro atoms. The van der Waals surface area contributed by atoms with E-state index >= 15 is 0 Å². The third-order valence-corrected chi connectivity index (χ3v) is 4.48. The molecular formula is C22H30N2O2. The fourth-order valence-corrected chi connectivity index (χ4v) is 2.78. The molecular weight excluding hydrogens is 324 g/mol. The Morgan fingerprint density at radius 3 is 2.46 bits per heavy atom. The number of rotatable bonds is 10. The Bertz CT molecular complexity index is 671. The van der Waals surface area contributed by atoms with Gasteiger partial charge in [-0.05, 0) is 51.1 Å². The predicted octanol–water partition coefficient (Wildman–Crippen LogP) is 3.44. The molecule has 0 bridgehead atoms. The molecule has 2 rings (SSSR count). The van der Waals surface area contributed by atoms with Gasteiger partial charge in [0, 0.05) is 19.0 Å². The van der Waals surface area contributed by atoms with Crippen LogP contribution in [0.4, 0.5) is 0 Å². The lowest BCUT2D eigenvalue weighted by atomic mass is 10.1. The lowest BCUT2D eigenvalue weighted by Gasteiger charge is -2.24. The number of nitrogens with zero attached hydrogens (tertiary/aromatic N) is 1. The second-order valence-corrected chi connectivity index (χ2v) is 6.83. The van der Waals surface area contributed by atoms with Crippen molar-refractivity contribution in [1.29, 1.82) is 0 Å². The molecule has 1 unspecified atom stereocenters. The Morgan fingerprint density at radius 1 is 1.08 bits per heavy atom. The van der Waals surface area contributed by atoms with Crippen LogP contribution in [0.25, 0.3) is 0 Å². The molecule has 2 aromatic carbocycles. The third kappa shape index (κ3) is 6.89. The molecule has 1 N–H and O–H groups in total. The zero-order valence-corrected chi connectivity index (χ0v) is 16.1. The van der Waals surface area contributed by atoms with Crippen molar-refractivity contribution >= 4 is 5.91 Å². The maximum atomic E-state index is 12.1. The molecule has 0 heterocycles. The summed E-state index contributed by atoms with van der Waals surface area (Å²) in [5.41, 5.74) is 2.40. The summed E-state index contributed by atoms with van der Waals surface area (Å²) < 4.78 is 5.74. The molecule has 0 aliphatic rings. The van der Waals surface area contributed by atoms with Crippen LogP contribution in [-0.4, -0.2) is 44.1 Å². The fraction of sp³-hybridized carbons (Fsp3) is 0.409. The van der Waals surface area contributed by atoms with Gasteiger partial charge in [-0.2, -0.15) is 0 Å². The molecule has 140 valence electrons. The van der Waals surface area contributed by atoms with Crippen LogP contribution in [0, 0.1) is 6.92 Å². The van der Waals surface area contributed by atoms with Gasteiger partial charge >= 0.3 is 0 Å². The maximum absolute atomic E-state index is 12.1. The van der Waals surface area contributed by atoms with Gasteiger partial charge in [-0.25, -0.2) is 0 Å². The molecule has 26 heavy (non-hydrogen) atoms. The lowest BCUT2D eigenvalue weighted by Crippen LogP contribution is -2.41. The maximum Gasteiger partial charge on any atom is 0.220 e. The highest BCUT2D eigenvalue weighted by atomic mass is 16.5. The molecule has 4 nitrogen and oxygen atoms in total. The number of carbonyl (C=O) groups excluding carboxylic acids is 1. The SMILES string of the molecule is Cc1ccccc1OCCCC(=O)NCC(Cc1ccccc1)N(C)C. The summed E-state index contributed by atoms with van der Waals surface area (Å²) in [6.45, 7) is 3.23. The van der Waals surface area contributed by atoms with Gasteiger partial charge in [-0.15, -0.1) is 0 Å². The normalized spacial score (nSPS) is 12.0. The summed E-state index contributed by atoms with van der Waals surface area (Å²) in [6.07, 6.45) is 2.12. The Kier molecular flexibility index (Phi) is 8.16. The van der Waals surface area contributed by atoms with Crippen LogP contribution in [0.2, 0.25) is 0 Å². The van der Waals surface area contributed by atoms with Crippen LogP contribution < -0.4 is 10.1 Å². The van der Waals surface area contributed by atoms with Gasteiger partial charge in [-0.1, -0.05) is 48.5 Å². The van der Waals surface area contributed by atoms with E-state index in [-0.39, 0.29) is 11.9 Å². The summed E-state index contributed by atoms with van der Waals surface area (Å²) in [5, 5.41) is 3.06. The van der Waals surface area contributed by atoms with Crippen LogP contribution in [0.3, 0.4) is 0 Å². The van der Waals surface area contributed by atoms with Crippen LogP contribution in [0.15, 0.2) is 54.6 Å². The van der Waals surface area contributed by atoms with Gasteiger partial charge < -0.3 is 15.0 Å². The zero-order chi connectivity index (χ0) is 18.8. The minimum Gasteiger partial charge on any atom is -0.493 e. The highest BCUT2D eigenvalue weighted by Crippen LogP contribution is 2.16. The molecule has 0 aliphatic heterocycles. The fourth-order valence-electron chi connectivity index (χ4n) is 2.78. The number of likely N-dealkylation sites (N-methyl/N-ethyl adjacent to an activating group) is 1. The minimum atomic E-state index is 0.0818. The van der Waals surface area contributed by atoms with Gasteiger partial charge in [0.25, 0.3) is 0 Å². The lowest BCUT2D eigenvalue weighted by molar-refractivity contribution is -0.121. The molecule has 2 aromatic rings. The standard InChI is InChI=1S/C22H30N2O2/c1-18-10-7-8-13-21(18)26-15-9-14-22(25)23-17-20(24(2)3)16-19-11-5-4-6-12-19/h4-8,10-13,20H,9,14-17H2,1-3H3,(H,23,25). The van der Waals surface area contributed by atoms with Crippen molar-refractivity contribution in [2.24, 2.45) is 0 Å². The van der Waals surface area contributed by atoms with Crippen LogP contribution in [0.5, 0.6) is 5.75 Å². The van der Waals surface area contributed by atoms with E-state index in [1.807, 2.05) is 37.3 Å². The number of amides is 1. The molecule has 0 aromatic heterocycles. The van der Waals surface area contributed by atoms with Crippen molar-refractivity contribution in [3.8, 4) is 5.75 Å². The molecule has 0 saturated heterocycles. The summed E-state index contributed by atoms with van der Waals surface area (Å²) in [5.74, 6) is 0.974. The van der Waals surface area contributed by atoms with E-state index in [4.69, 9.17) is 4.74 Å². The number of hydrogen-bond donors (Lipinski definition) is 1. The molecule has 1 amide bonds. The van der Waals surface area contributed by atoms with E-state index in [0.717, 1.165) is 17.7 Å². The Morgan fingerprint density at radius 2 is 1.77 bits per heavy atom. The number of aryl methyl sites for hydroxylation is 1. The first-order valence-electron chi connectivity index (χ1n) is 9.21. The van der Waals surface area contributed by atoms with E-state index in [2.05, 4.69) is 48.6 Å². The Balaban J connectivity index is 1.68. The van der Waals surface area contributed by atoms with Crippen molar-refractivity contribution in [3.63, 3.8) is 0 Å². The van der Waals surface area contributed by atoms with Crippen molar-refractivity contribution in [2.75, 3.05) is 27.2 Å². The molecule has 0 radical (unpaired) electrons. The summed E-state index contributed by atoms with van der Waals surface area (Å²) >= 11 is 0. The number of para-hydroxylation sites is 1. The topological polar surface area (TPSA) is 41.6 Å². The van der Waals surface area contributed by atoms with Gasteiger partial charge in [0.15, 0.2) is 0 Å². The second-order valence-electron chi connectivity index (χ2n) is 6.83. The molecule has 1 atom stereocenters. The van der Waals surface area contributed by atoms with Crippen molar-refractivity contribution in [1.82, 2.24) is 10.2 Å². The minimum absolute atomic E-state index is 0.0818. The van der Waals surface area contributed by atoms with E-state index < -0.39 is 0 Å². The first-order chi connectivity index (χ1) is 12.6. The molecule has 4 heteroatoms. The predicted molar refractivity (Wildman–Crippen MR) is 107 cm³/mol. The van der Waals surface area contributed by atoms with E-state index in [1.54, 1.807) is 0 Å². The quantitative estimate of drug-likeness (QED) is 0.665. The van der Waals surface area contributed by atoms with Crippen molar-refractivity contribution < 1.29 is 9.53 Å². The molecule has 0 aliphatic carbocycles. The average molecular weight is 354 g/mol. The Labute approximate surface area is 157 Å². The van der Waals surface area contributed by atoms with E-state index in [0.29, 0.717) is 26.0 Å². The zero-order valence-electron chi connectivity index (χ0n) is 16.1. The van der Waals surface area contributed by atoms with Crippen LogP contribution >= 0.6 is 0 Å². The molecule has 0 fully saturated rings. The van der Waals surface area contributed by atoms with E-state index in [9.17, 15) is 4.79 Å². The smallest absolute Gasteiger partial charge is 0.220 e. The van der Waals surface area contributed by atoms with Crippen molar-refractivity contribution in [2.45, 2.75) is 32.2 Å². The molecule has 0 saturated carbocycles. The summed E-state index contributed by atoms with van der Waals surface area (Å²) in [7, 11) is 4.10. The largest absolute Gasteiger partial charge is 0.493 e. The first-order valence-corrected chi connectivity index (χ1v) is 9.21. The van der Waals surface area contributed by atoms with E-state index in [1.165, 1.54) is 5.56 Å². The van der Waals surface area contributed by atoms with Crippen molar-refractivity contribution in [3.05, 3.63) is 65.7 Å². The van der Waals surface area contributed by atoms with Crippen LogP contribution in [-0.2, 0) is 11.2 Å². The highest BCUT2D eigenvalue weighted by Gasteiger charge is 2.13. The second kappa shape index (κ2) is 10.6. The summed E-state index contributed by atoms with van der Waals surface area (Å²) in [4.78, 5) is 14.3. The number of ether oxygens (including phenoxy) is 1. The van der Waals surface area contributed by atoms with Crippen LogP contribution in [0.1, 0.15) is 24.0 Å². The average Bonchev–Trinajstić information content (AvgIpc) is 2.64. The van der Waals surface area contributed by atoms with Gasteiger partial charge in [0.1, 0.15) is 5.75 Å². The monoisotopic (exact) mass is 354 g/mol. The van der Waals surface area contributed by atoms with Gasteiger partial charge in [-0.3, -0.25) is 4.79 Å². The number of nitrogens with one attached hydrogen (secondary N) is 1. The number of hydrogen-bond acceptors (Lipinski definition) is 3. The third-order valence-electron chi connectivity index (χ3n) is 4.48. The Hall–Kier alpha value is -2.33. The number of carbonyl (C=O) groups is 1. The van der Waals surface area contributed by atoms with Gasteiger partial charge in [0.2, 0.25) is 5.91 Å². The number of benzene rings is 2. The highest BCUT2D eigenvalue weighted by molar-refractivity contribution is 5.75. The van der Waals surface area contributed by atoms with Gasteiger partial charge in [0.05, 0.1) is 6.61 Å². The first kappa shape index (κ1) is 20.0.